The van der Waals surface area contributed by atoms with Crippen LogP contribution in [0.5, 0.6) is 0 Å². The molecule has 2 fully saturated rings. The molecule has 1 nitrogen and oxygen atoms in total. The van der Waals surface area contributed by atoms with Crippen LogP contribution in [-0.2, 0) is 4.79 Å². The van der Waals surface area contributed by atoms with E-state index in [-0.39, 0.29) is 5.41 Å². The van der Waals surface area contributed by atoms with Crippen LogP contribution in [0.1, 0.15) is 78.6 Å². The molecule has 2 aliphatic rings. The number of hydrogen-bond donors (Lipinski definition) is 0. The van der Waals surface area contributed by atoms with E-state index >= 15 is 0 Å². The number of Topliss-reactive ketones (excluding diaryl/α,β-unsaturated/α-hetero) is 1. The predicted molar refractivity (Wildman–Crippen MR) is 76.5 cm³/mol. The highest BCUT2D eigenvalue weighted by atomic mass is 16.1. The number of rotatable bonds is 7. The molecule has 1 heteroatoms. The summed E-state index contributed by atoms with van der Waals surface area (Å²) < 4.78 is 0. The summed E-state index contributed by atoms with van der Waals surface area (Å²) in [6.45, 7) is 6.56. The van der Waals surface area contributed by atoms with Crippen LogP contribution in [0.25, 0.3) is 0 Å². The molecule has 104 valence electrons. The molecule has 0 aromatic heterocycles. The molecule has 1 unspecified atom stereocenters. The smallest absolute Gasteiger partial charge is 0.136 e. The molecule has 1 atom stereocenters. The van der Waals surface area contributed by atoms with Gasteiger partial charge >= 0.3 is 0 Å². The van der Waals surface area contributed by atoms with Crippen molar-refractivity contribution in [2.45, 2.75) is 78.6 Å². The molecule has 0 bridgehead atoms. The Morgan fingerprint density at radius 2 is 1.78 bits per heavy atom. The monoisotopic (exact) mass is 250 g/mol. The van der Waals surface area contributed by atoms with Gasteiger partial charge in [0.15, 0.2) is 0 Å². The maximum atomic E-state index is 12.5. The molecule has 0 amide bonds. The van der Waals surface area contributed by atoms with Crippen molar-refractivity contribution in [1.82, 2.24) is 0 Å². The van der Waals surface area contributed by atoms with E-state index in [1.807, 2.05) is 0 Å². The fourth-order valence-electron chi connectivity index (χ4n) is 3.05. The molecule has 2 aliphatic carbocycles. The number of carbonyl (C=O) groups is 1. The Balaban J connectivity index is 1.82. The van der Waals surface area contributed by atoms with Gasteiger partial charge in [-0.05, 0) is 36.5 Å². The number of ketones is 1. The second-order valence-corrected chi connectivity index (χ2v) is 7.95. The Morgan fingerprint density at radius 3 is 2.22 bits per heavy atom. The minimum Gasteiger partial charge on any atom is -0.299 e. The molecule has 0 spiro atoms. The highest BCUT2D eigenvalue weighted by Crippen LogP contribution is 2.39. The Kier molecular flexibility index (Phi) is 4.50. The summed E-state index contributed by atoms with van der Waals surface area (Å²) in [5.74, 6) is 2.78. The predicted octanol–water partition coefficient (Wildman–Crippen LogP) is 4.99. The molecule has 0 saturated heterocycles. The Hall–Kier alpha value is -0.330. The van der Waals surface area contributed by atoms with Gasteiger partial charge in [-0.15, -0.1) is 0 Å². The zero-order chi connectivity index (χ0) is 13.2. The van der Waals surface area contributed by atoms with Gasteiger partial charge in [0, 0.05) is 12.3 Å². The van der Waals surface area contributed by atoms with Gasteiger partial charge in [0.05, 0.1) is 0 Å². The minimum absolute atomic E-state index is 0.161. The fraction of sp³-hybridized carbons (Fsp3) is 0.941. The van der Waals surface area contributed by atoms with Crippen LogP contribution in [0.15, 0.2) is 0 Å². The van der Waals surface area contributed by atoms with Gasteiger partial charge in [0.25, 0.3) is 0 Å². The lowest BCUT2D eigenvalue weighted by Gasteiger charge is -2.30. The molecule has 18 heavy (non-hydrogen) atoms. The number of carbonyl (C=O) groups excluding carboxylic acids is 1. The standard InChI is InChI=1S/C17H30O/c1-17(2,3)12-16(18)15(10-9-13-7-8-13)11-14-5-4-6-14/h13-15H,4-12H2,1-3H3. The quantitative estimate of drug-likeness (QED) is 0.622. The Bertz CT molecular complexity index is 278. The van der Waals surface area contributed by atoms with E-state index in [1.54, 1.807) is 0 Å². The van der Waals surface area contributed by atoms with Crippen LogP contribution >= 0.6 is 0 Å². The minimum atomic E-state index is 0.161. The third kappa shape index (κ3) is 4.74. The SMILES string of the molecule is CC(C)(C)CC(=O)C(CCC1CC1)CC1CCC1. The van der Waals surface area contributed by atoms with Crippen LogP contribution in [0.2, 0.25) is 0 Å². The van der Waals surface area contributed by atoms with Crippen molar-refractivity contribution in [1.29, 1.82) is 0 Å². The summed E-state index contributed by atoms with van der Waals surface area (Å²) in [5.41, 5.74) is 0.161. The van der Waals surface area contributed by atoms with Crippen molar-refractivity contribution >= 4 is 5.78 Å². The van der Waals surface area contributed by atoms with E-state index in [1.165, 1.54) is 51.4 Å². The molecule has 2 rings (SSSR count). The molecule has 2 saturated carbocycles. The van der Waals surface area contributed by atoms with Gasteiger partial charge in [-0.25, -0.2) is 0 Å². The van der Waals surface area contributed by atoms with E-state index in [9.17, 15) is 4.79 Å². The zero-order valence-electron chi connectivity index (χ0n) is 12.5. The third-order valence-electron chi connectivity index (χ3n) is 4.62. The molecular formula is C17H30O. The van der Waals surface area contributed by atoms with Crippen molar-refractivity contribution in [2.75, 3.05) is 0 Å². The van der Waals surface area contributed by atoms with E-state index in [0.717, 1.165) is 18.3 Å². The van der Waals surface area contributed by atoms with Gasteiger partial charge < -0.3 is 0 Å². The molecule has 0 radical (unpaired) electrons. The van der Waals surface area contributed by atoms with Crippen molar-refractivity contribution in [3.63, 3.8) is 0 Å². The molecule has 0 aliphatic heterocycles. The van der Waals surface area contributed by atoms with Crippen molar-refractivity contribution in [3.05, 3.63) is 0 Å². The van der Waals surface area contributed by atoms with Crippen molar-refractivity contribution < 1.29 is 4.79 Å². The zero-order valence-corrected chi connectivity index (χ0v) is 12.5. The average Bonchev–Trinajstić information content (AvgIpc) is 2.95. The Labute approximate surface area is 113 Å². The topological polar surface area (TPSA) is 17.1 Å². The normalized spacial score (nSPS) is 22.6. The maximum Gasteiger partial charge on any atom is 0.136 e. The van der Waals surface area contributed by atoms with Crippen LogP contribution in [-0.4, -0.2) is 5.78 Å². The lowest BCUT2D eigenvalue weighted by molar-refractivity contribution is -0.125. The average molecular weight is 250 g/mol. The van der Waals surface area contributed by atoms with E-state index in [0.29, 0.717) is 11.7 Å². The molecular weight excluding hydrogens is 220 g/mol. The lowest BCUT2D eigenvalue weighted by Crippen LogP contribution is -2.25. The maximum absolute atomic E-state index is 12.5. The highest BCUT2D eigenvalue weighted by Gasteiger charge is 2.30. The van der Waals surface area contributed by atoms with E-state index < -0.39 is 0 Å². The van der Waals surface area contributed by atoms with Crippen LogP contribution < -0.4 is 0 Å². The van der Waals surface area contributed by atoms with E-state index in [2.05, 4.69) is 20.8 Å². The fourth-order valence-corrected chi connectivity index (χ4v) is 3.05. The van der Waals surface area contributed by atoms with Crippen LogP contribution in [0, 0.1) is 23.2 Å². The third-order valence-corrected chi connectivity index (χ3v) is 4.62. The summed E-state index contributed by atoms with van der Waals surface area (Å²) in [7, 11) is 0. The first kappa shape index (κ1) is 14.1. The molecule has 0 aromatic carbocycles. The van der Waals surface area contributed by atoms with Gasteiger partial charge in [-0.1, -0.05) is 52.9 Å². The summed E-state index contributed by atoms with van der Waals surface area (Å²) in [6, 6.07) is 0. The van der Waals surface area contributed by atoms with Crippen molar-refractivity contribution in [3.8, 4) is 0 Å². The summed E-state index contributed by atoms with van der Waals surface area (Å²) in [4.78, 5) is 12.5. The second-order valence-electron chi connectivity index (χ2n) is 7.95. The molecule has 0 N–H and O–H groups in total. The van der Waals surface area contributed by atoms with Crippen molar-refractivity contribution in [2.24, 2.45) is 23.2 Å². The van der Waals surface area contributed by atoms with Crippen LogP contribution in [0.3, 0.4) is 0 Å². The van der Waals surface area contributed by atoms with Gasteiger partial charge in [0.2, 0.25) is 0 Å². The first-order valence-electron chi connectivity index (χ1n) is 7.97. The second kappa shape index (κ2) is 5.75. The first-order chi connectivity index (χ1) is 8.44. The Morgan fingerprint density at radius 1 is 1.11 bits per heavy atom. The highest BCUT2D eigenvalue weighted by molar-refractivity contribution is 5.81. The largest absolute Gasteiger partial charge is 0.299 e. The summed E-state index contributed by atoms with van der Waals surface area (Å²) in [5, 5.41) is 0. The van der Waals surface area contributed by atoms with E-state index in [4.69, 9.17) is 0 Å². The number of hydrogen-bond acceptors (Lipinski definition) is 1. The molecule has 0 aromatic rings. The first-order valence-corrected chi connectivity index (χ1v) is 7.97. The van der Waals surface area contributed by atoms with Gasteiger partial charge in [0.1, 0.15) is 5.78 Å². The molecule has 0 heterocycles. The summed E-state index contributed by atoms with van der Waals surface area (Å²) in [6.07, 6.45) is 11.5. The summed E-state index contributed by atoms with van der Waals surface area (Å²) >= 11 is 0. The van der Waals surface area contributed by atoms with Gasteiger partial charge in [-0.3, -0.25) is 4.79 Å². The lowest BCUT2D eigenvalue weighted by atomic mass is 9.74. The van der Waals surface area contributed by atoms with Gasteiger partial charge in [-0.2, -0.15) is 0 Å². The van der Waals surface area contributed by atoms with Crippen LogP contribution in [0.4, 0.5) is 0 Å².